The Morgan fingerprint density at radius 2 is 1.61 bits per heavy atom. The molecule has 1 aliphatic heterocycles. The van der Waals surface area contributed by atoms with Crippen LogP contribution < -0.4 is 20.3 Å². The van der Waals surface area contributed by atoms with Gasteiger partial charge in [0.2, 0.25) is 0 Å². The van der Waals surface area contributed by atoms with Crippen LogP contribution in [0.25, 0.3) is 0 Å². The Morgan fingerprint density at radius 1 is 0.929 bits per heavy atom. The molecule has 0 radical (unpaired) electrons. The minimum absolute atomic E-state index is 0.445. The highest BCUT2D eigenvalue weighted by Gasteiger charge is 2.18. The number of carbonyl (C=O) groups excluding carboxylic acids is 2. The summed E-state index contributed by atoms with van der Waals surface area (Å²) >= 11 is 0. The molecule has 2 aromatic rings. The largest absolute Gasteiger partial charge is 0.497 e. The number of hydrogen-bond acceptors (Lipinski definition) is 5. The van der Waals surface area contributed by atoms with Gasteiger partial charge >= 0.3 is 11.8 Å². The Kier molecular flexibility index (Phi) is 6.86. The van der Waals surface area contributed by atoms with Crippen molar-refractivity contribution in [1.82, 2.24) is 10.2 Å². The zero-order valence-corrected chi connectivity index (χ0v) is 16.1. The number of hydrogen-bond donors (Lipinski definition) is 2. The molecule has 7 nitrogen and oxygen atoms in total. The molecule has 1 heterocycles. The molecule has 1 fully saturated rings. The number of piperazine rings is 1. The molecule has 0 saturated carbocycles. The van der Waals surface area contributed by atoms with Crippen molar-refractivity contribution in [3.05, 3.63) is 54.6 Å². The molecule has 1 saturated heterocycles. The van der Waals surface area contributed by atoms with Gasteiger partial charge in [-0.15, -0.1) is 0 Å². The van der Waals surface area contributed by atoms with Crippen molar-refractivity contribution in [3.63, 3.8) is 0 Å². The van der Waals surface area contributed by atoms with Crippen LogP contribution in [0.4, 0.5) is 11.4 Å². The van der Waals surface area contributed by atoms with E-state index < -0.39 is 11.8 Å². The van der Waals surface area contributed by atoms with Crippen molar-refractivity contribution in [2.45, 2.75) is 0 Å². The van der Waals surface area contributed by atoms with Crippen molar-refractivity contribution < 1.29 is 14.3 Å². The summed E-state index contributed by atoms with van der Waals surface area (Å²) in [6.45, 7) is 4.95. The van der Waals surface area contributed by atoms with Crippen LogP contribution in [-0.2, 0) is 9.59 Å². The highest BCUT2D eigenvalue weighted by atomic mass is 16.5. The van der Waals surface area contributed by atoms with E-state index >= 15 is 0 Å². The number of nitrogens with zero attached hydrogens (tertiary/aromatic N) is 2. The lowest BCUT2D eigenvalue weighted by molar-refractivity contribution is -0.136. The molecule has 2 N–H and O–H groups in total. The maximum Gasteiger partial charge on any atom is 0.313 e. The van der Waals surface area contributed by atoms with Gasteiger partial charge in [-0.1, -0.05) is 18.2 Å². The van der Waals surface area contributed by atoms with Crippen LogP contribution in [0.3, 0.4) is 0 Å². The summed E-state index contributed by atoms with van der Waals surface area (Å²) < 4.78 is 5.06. The monoisotopic (exact) mass is 382 g/mol. The minimum atomic E-state index is -0.668. The second kappa shape index (κ2) is 9.75. The minimum Gasteiger partial charge on any atom is -0.497 e. The maximum absolute atomic E-state index is 12.0. The highest BCUT2D eigenvalue weighted by molar-refractivity contribution is 6.39. The van der Waals surface area contributed by atoms with Gasteiger partial charge in [-0.25, -0.2) is 0 Å². The molecule has 148 valence electrons. The topological polar surface area (TPSA) is 73.9 Å². The Balaban J connectivity index is 1.35. The lowest BCUT2D eigenvalue weighted by Gasteiger charge is -2.36. The third kappa shape index (κ3) is 5.47. The number of nitrogens with one attached hydrogen (secondary N) is 2. The first-order chi connectivity index (χ1) is 13.7. The first-order valence-electron chi connectivity index (χ1n) is 9.41. The number of para-hydroxylation sites is 1. The van der Waals surface area contributed by atoms with Crippen molar-refractivity contribution in [2.75, 3.05) is 56.6 Å². The van der Waals surface area contributed by atoms with Gasteiger partial charge in [0.05, 0.1) is 7.11 Å². The highest BCUT2D eigenvalue weighted by Crippen LogP contribution is 2.16. The third-order valence-corrected chi connectivity index (χ3v) is 4.76. The number of benzene rings is 2. The Hall–Kier alpha value is -3.06. The van der Waals surface area contributed by atoms with Gasteiger partial charge in [0.25, 0.3) is 0 Å². The first-order valence-corrected chi connectivity index (χ1v) is 9.41. The second-order valence-electron chi connectivity index (χ2n) is 6.60. The lowest BCUT2D eigenvalue weighted by atomic mass is 10.2. The van der Waals surface area contributed by atoms with Gasteiger partial charge in [0, 0.05) is 50.6 Å². The Labute approximate surface area is 165 Å². The molecule has 7 heteroatoms. The third-order valence-electron chi connectivity index (χ3n) is 4.76. The molecule has 0 bridgehead atoms. The molecule has 3 rings (SSSR count). The number of rotatable bonds is 6. The van der Waals surface area contributed by atoms with Gasteiger partial charge in [-0.3, -0.25) is 14.5 Å². The average Bonchev–Trinajstić information content (AvgIpc) is 2.75. The Morgan fingerprint density at radius 3 is 2.25 bits per heavy atom. The predicted molar refractivity (Wildman–Crippen MR) is 110 cm³/mol. The van der Waals surface area contributed by atoms with Crippen LogP contribution in [0.5, 0.6) is 5.75 Å². The number of anilines is 2. The number of ether oxygens (including phenoxy) is 1. The van der Waals surface area contributed by atoms with Crippen LogP contribution in [0.2, 0.25) is 0 Å². The number of carbonyl (C=O) groups is 2. The predicted octanol–water partition coefficient (Wildman–Crippen LogP) is 1.57. The molecule has 2 amide bonds. The summed E-state index contributed by atoms with van der Waals surface area (Å²) in [4.78, 5) is 28.6. The lowest BCUT2D eigenvalue weighted by Crippen LogP contribution is -2.49. The number of amides is 2. The van der Waals surface area contributed by atoms with Crippen LogP contribution in [0.1, 0.15) is 0 Å². The molecular formula is C21H26N4O3. The molecule has 28 heavy (non-hydrogen) atoms. The fraction of sp³-hybridized carbons (Fsp3) is 0.333. The van der Waals surface area contributed by atoms with E-state index in [-0.39, 0.29) is 0 Å². The Bertz CT molecular complexity index is 772. The van der Waals surface area contributed by atoms with E-state index in [1.807, 2.05) is 18.2 Å². The van der Waals surface area contributed by atoms with Crippen LogP contribution in [-0.4, -0.2) is 63.1 Å². The van der Waals surface area contributed by atoms with Crippen LogP contribution in [0, 0.1) is 0 Å². The summed E-state index contributed by atoms with van der Waals surface area (Å²) in [6, 6.07) is 17.2. The van der Waals surface area contributed by atoms with Crippen LogP contribution in [0.15, 0.2) is 54.6 Å². The van der Waals surface area contributed by atoms with E-state index in [1.54, 1.807) is 31.4 Å². The molecule has 0 unspecified atom stereocenters. The molecule has 0 spiro atoms. The van der Waals surface area contributed by atoms with E-state index in [0.717, 1.165) is 32.7 Å². The van der Waals surface area contributed by atoms with E-state index in [9.17, 15) is 9.59 Å². The standard InChI is InChI=1S/C21H26N4O3/c1-28-19-9-7-17(8-10-19)23-21(27)20(26)22-11-12-24-13-15-25(16-14-24)18-5-3-2-4-6-18/h2-10H,11-16H2,1H3,(H,22,26)(H,23,27). The van der Waals surface area contributed by atoms with Gasteiger partial charge in [-0.05, 0) is 36.4 Å². The quantitative estimate of drug-likeness (QED) is 0.742. The molecular weight excluding hydrogens is 356 g/mol. The van der Waals surface area contributed by atoms with Gasteiger partial charge in [-0.2, -0.15) is 0 Å². The fourth-order valence-electron chi connectivity index (χ4n) is 3.14. The smallest absolute Gasteiger partial charge is 0.313 e. The van der Waals surface area contributed by atoms with Crippen LogP contribution >= 0.6 is 0 Å². The summed E-state index contributed by atoms with van der Waals surface area (Å²) in [5.41, 5.74) is 1.80. The zero-order valence-electron chi connectivity index (χ0n) is 16.1. The second-order valence-corrected chi connectivity index (χ2v) is 6.60. The van der Waals surface area contributed by atoms with Crippen molar-refractivity contribution in [2.24, 2.45) is 0 Å². The van der Waals surface area contributed by atoms with Crippen molar-refractivity contribution in [3.8, 4) is 5.75 Å². The fourth-order valence-corrected chi connectivity index (χ4v) is 3.14. The van der Waals surface area contributed by atoms with E-state index in [1.165, 1.54) is 5.69 Å². The summed E-state index contributed by atoms with van der Waals surface area (Å²) in [5, 5.41) is 5.26. The maximum atomic E-state index is 12.0. The van der Waals surface area contributed by atoms with Crippen molar-refractivity contribution >= 4 is 23.2 Å². The van der Waals surface area contributed by atoms with Gasteiger partial charge in [0.15, 0.2) is 0 Å². The zero-order chi connectivity index (χ0) is 19.8. The van der Waals surface area contributed by atoms with E-state index in [4.69, 9.17) is 4.74 Å². The number of methoxy groups -OCH3 is 1. The van der Waals surface area contributed by atoms with Crippen molar-refractivity contribution in [1.29, 1.82) is 0 Å². The summed E-state index contributed by atoms with van der Waals surface area (Å²) in [5.74, 6) is -0.604. The SMILES string of the molecule is COc1ccc(NC(=O)C(=O)NCCN2CCN(c3ccccc3)CC2)cc1. The average molecular weight is 382 g/mol. The van der Waals surface area contributed by atoms with Gasteiger partial charge < -0.3 is 20.3 Å². The van der Waals surface area contributed by atoms with E-state index in [2.05, 4.69) is 32.6 Å². The molecule has 1 aliphatic rings. The first kappa shape index (κ1) is 19.7. The molecule has 0 atom stereocenters. The summed E-state index contributed by atoms with van der Waals surface area (Å²) in [6.07, 6.45) is 0. The molecule has 2 aromatic carbocycles. The van der Waals surface area contributed by atoms with Gasteiger partial charge in [0.1, 0.15) is 5.75 Å². The molecule has 0 aromatic heterocycles. The normalized spacial score (nSPS) is 14.4. The summed E-state index contributed by atoms with van der Waals surface area (Å²) in [7, 11) is 1.57. The van der Waals surface area contributed by atoms with E-state index in [0.29, 0.717) is 18.0 Å². The molecule has 0 aliphatic carbocycles.